The molecule has 2 aromatic carbocycles. The van der Waals surface area contributed by atoms with Gasteiger partial charge in [0.05, 0.1) is 18.2 Å². The zero-order valence-corrected chi connectivity index (χ0v) is 21.3. The zero-order valence-electron chi connectivity index (χ0n) is 21.3. The summed E-state index contributed by atoms with van der Waals surface area (Å²) in [6.07, 6.45) is 5.38. The number of hydrogen-bond donors (Lipinski definition) is 3. The molecule has 0 spiro atoms. The predicted octanol–water partition coefficient (Wildman–Crippen LogP) is 5.83. The molecule has 1 saturated carbocycles. The Hall–Kier alpha value is -2.04. The van der Waals surface area contributed by atoms with Crippen LogP contribution in [0.15, 0.2) is 36.4 Å². The number of nitrogens with zero attached hydrogens (tertiary/aromatic N) is 1. The van der Waals surface area contributed by atoms with Gasteiger partial charge in [-0.1, -0.05) is 64.8 Å². The van der Waals surface area contributed by atoms with Crippen LogP contribution in [0.5, 0.6) is 0 Å². The van der Waals surface area contributed by atoms with Crippen LogP contribution >= 0.6 is 0 Å². The lowest BCUT2D eigenvalue weighted by Gasteiger charge is -2.48. The average molecular weight is 453 g/mol. The van der Waals surface area contributed by atoms with Crippen LogP contribution in [0.3, 0.4) is 0 Å². The van der Waals surface area contributed by atoms with E-state index in [0.29, 0.717) is 0 Å². The third-order valence-corrected chi connectivity index (χ3v) is 7.32. The van der Waals surface area contributed by atoms with Crippen LogP contribution < -0.4 is 10.2 Å². The normalized spacial score (nSPS) is 22.2. The maximum atomic E-state index is 11.1. The van der Waals surface area contributed by atoms with E-state index in [1.807, 2.05) is 0 Å². The minimum Gasteiger partial charge on any atom is -0.390 e. The van der Waals surface area contributed by atoms with E-state index in [2.05, 4.69) is 81.2 Å². The molecule has 0 aromatic heterocycles. The van der Waals surface area contributed by atoms with Crippen LogP contribution in [0.1, 0.15) is 81.5 Å². The number of aliphatic hydroxyl groups is 2. The fourth-order valence-electron chi connectivity index (χ4n) is 5.14. The minimum atomic E-state index is -0.615. The lowest BCUT2D eigenvalue weighted by Crippen LogP contribution is -2.61. The van der Waals surface area contributed by atoms with Crippen molar-refractivity contribution in [2.45, 2.75) is 97.3 Å². The third-order valence-electron chi connectivity index (χ3n) is 7.32. The highest BCUT2D eigenvalue weighted by molar-refractivity contribution is 5.60. The molecule has 182 valence electrons. The smallest absolute Gasteiger partial charge is 0.0860 e. The fourth-order valence-corrected chi connectivity index (χ4v) is 5.14. The van der Waals surface area contributed by atoms with Gasteiger partial charge >= 0.3 is 0 Å². The van der Waals surface area contributed by atoms with Gasteiger partial charge in [0.1, 0.15) is 0 Å². The van der Waals surface area contributed by atoms with Crippen molar-refractivity contribution in [2.75, 3.05) is 23.3 Å². The summed E-state index contributed by atoms with van der Waals surface area (Å²) >= 11 is 0. The van der Waals surface area contributed by atoms with E-state index < -0.39 is 12.2 Å². The highest BCUT2D eigenvalue weighted by Crippen LogP contribution is 2.42. The molecule has 0 radical (unpaired) electrons. The van der Waals surface area contributed by atoms with Crippen LogP contribution in [0.2, 0.25) is 0 Å². The minimum absolute atomic E-state index is 0.254. The summed E-state index contributed by atoms with van der Waals surface area (Å²) in [6, 6.07) is 12.5. The molecule has 1 aliphatic carbocycles. The molecule has 0 heterocycles. The molecule has 0 saturated heterocycles. The number of anilines is 2. The van der Waals surface area contributed by atoms with E-state index in [4.69, 9.17) is 0 Å². The third kappa shape index (κ3) is 5.55. The average Bonchev–Trinajstić information content (AvgIpc) is 2.83. The topological polar surface area (TPSA) is 55.7 Å². The Labute approximate surface area is 201 Å². The van der Waals surface area contributed by atoms with Gasteiger partial charge in [0, 0.05) is 30.4 Å². The molecular formula is C29H44N2O2. The summed E-state index contributed by atoms with van der Waals surface area (Å²) in [6.45, 7) is 13.0. The van der Waals surface area contributed by atoms with Gasteiger partial charge in [0.2, 0.25) is 0 Å². The van der Waals surface area contributed by atoms with Gasteiger partial charge in [-0.2, -0.15) is 0 Å². The Morgan fingerprint density at radius 3 is 1.91 bits per heavy atom. The summed E-state index contributed by atoms with van der Waals surface area (Å²) in [5, 5.41) is 25.7. The van der Waals surface area contributed by atoms with Gasteiger partial charge in [0.15, 0.2) is 0 Å². The molecule has 0 amide bonds. The molecule has 2 aromatic rings. The monoisotopic (exact) mass is 452 g/mol. The molecule has 0 bridgehead atoms. The number of aliphatic hydroxyl groups excluding tert-OH is 2. The highest BCUT2D eigenvalue weighted by Gasteiger charge is 2.50. The summed E-state index contributed by atoms with van der Waals surface area (Å²) in [5.41, 5.74) is 7.01. The van der Waals surface area contributed by atoms with Crippen molar-refractivity contribution < 1.29 is 10.2 Å². The van der Waals surface area contributed by atoms with Crippen molar-refractivity contribution in [3.63, 3.8) is 0 Å². The molecule has 3 N–H and O–H groups in total. The molecule has 33 heavy (non-hydrogen) atoms. The summed E-state index contributed by atoms with van der Waals surface area (Å²) in [4.78, 5) is 2.48. The second kappa shape index (κ2) is 11.9. The maximum absolute atomic E-state index is 11.1. The standard InChI is InChI=1S/C29H44N2O2/c1-6-10-17-31(18-11-7-2)23-15-16-24(20(5)19-23)25-28(32)27(29(25)33)30-26-21(8-3)13-12-14-22(26)9-4/h12-16,19,25,27-30,32-33H,6-11,17-18H2,1-5H3. The number of rotatable bonds is 12. The van der Waals surface area contributed by atoms with E-state index in [1.165, 1.54) is 42.5 Å². The second-order valence-electron chi connectivity index (χ2n) is 9.57. The lowest BCUT2D eigenvalue weighted by atomic mass is 9.69. The molecule has 0 aliphatic heterocycles. The van der Waals surface area contributed by atoms with E-state index in [1.54, 1.807) is 0 Å². The Kier molecular flexibility index (Phi) is 9.22. The summed E-state index contributed by atoms with van der Waals surface area (Å²) in [5.74, 6) is -0.254. The molecule has 4 heteroatoms. The van der Waals surface area contributed by atoms with Crippen molar-refractivity contribution >= 4 is 11.4 Å². The largest absolute Gasteiger partial charge is 0.390 e. The quantitative estimate of drug-likeness (QED) is 0.379. The second-order valence-corrected chi connectivity index (χ2v) is 9.57. The molecule has 3 rings (SSSR count). The number of unbranched alkanes of at least 4 members (excludes halogenated alkanes) is 2. The Morgan fingerprint density at radius 2 is 1.42 bits per heavy atom. The first-order chi connectivity index (χ1) is 16.0. The Morgan fingerprint density at radius 1 is 0.848 bits per heavy atom. The fraction of sp³-hybridized carbons (Fsp3) is 0.586. The molecule has 1 aliphatic rings. The Bertz CT molecular complexity index is 857. The number of hydrogen-bond acceptors (Lipinski definition) is 4. The van der Waals surface area contributed by atoms with Gasteiger partial charge in [-0.3, -0.25) is 0 Å². The first-order valence-corrected chi connectivity index (χ1v) is 13.1. The van der Waals surface area contributed by atoms with Gasteiger partial charge in [-0.25, -0.2) is 0 Å². The van der Waals surface area contributed by atoms with Gasteiger partial charge in [-0.15, -0.1) is 0 Å². The summed E-state index contributed by atoms with van der Waals surface area (Å²) in [7, 11) is 0. The molecule has 2 unspecified atom stereocenters. The number of benzene rings is 2. The first-order valence-electron chi connectivity index (χ1n) is 13.1. The van der Waals surface area contributed by atoms with Crippen molar-refractivity contribution in [3.8, 4) is 0 Å². The van der Waals surface area contributed by atoms with Gasteiger partial charge < -0.3 is 20.4 Å². The predicted molar refractivity (Wildman–Crippen MR) is 141 cm³/mol. The molecule has 1 fully saturated rings. The van der Waals surface area contributed by atoms with Gasteiger partial charge in [0.25, 0.3) is 0 Å². The zero-order chi connectivity index (χ0) is 24.0. The van der Waals surface area contributed by atoms with E-state index >= 15 is 0 Å². The van der Waals surface area contributed by atoms with E-state index in [0.717, 1.165) is 42.7 Å². The molecular weight excluding hydrogens is 408 g/mol. The first kappa shape index (κ1) is 25.6. The van der Waals surface area contributed by atoms with Crippen molar-refractivity contribution in [3.05, 3.63) is 58.7 Å². The Balaban J connectivity index is 1.76. The number of nitrogens with one attached hydrogen (secondary N) is 1. The van der Waals surface area contributed by atoms with Crippen LogP contribution in [0, 0.1) is 6.92 Å². The SMILES string of the molecule is CCCCN(CCCC)c1ccc(C2C(O)C(Nc3c(CC)cccc3CC)C2O)c(C)c1. The van der Waals surface area contributed by atoms with E-state index in [9.17, 15) is 10.2 Å². The highest BCUT2D eigenvalue weighted by atomic mass is 16.3. The van der Waals surface area contributed by atoms with Crippen LogP contribution in [0.4, 0.5) is 11.4 Å². The molecule has 4 nitrogen and oxygen atoms in total. The van der Waals surface area contributed by atoms with Gasteiger partial charge in [-0.05, 0) is 67.0 Å². The molecule has 2 atom stereocenters. The number of aryl methyl sites for hydroxylation is 3. The maximum Gasteiger partial charge on any atom is 0.0860 e. The van der Waals surface area contributed by atoms with E-state index in [-0.39, 0.29) is 12.0 Å². The van der Waals surface area contributed by atoms with Crippen LogP contribution in [-0.4, -0.2) is 41.6 Å². The van der Waals surface area contributed by atoms with Crippen LogP contribution in [-0.2, 0) is 12.8 Å². The van der Waals surface area contributed by atoms with Crippen molar-refractivity contribution in [1.29, 1.82) is 0 Å². The van der Waals surface area contributed by atoms with Crippen molar-refractivity contribution in [1.82, 2.24) is 0 Å². The lowest BCUT2D eigenvalue weighted by molar-refractivity contribution is -0.0664. The number of para-hydroxylation sites is 1. The van der Waals surface area contributed by atoms with Crippen molar-refractivity contribution in [2.24, 2.45) is 0 Å². The van der Waals surface area contributed by atoms with Crippen LogP contribution in [0.25, 0.3) is 0 Å². The summed E-state index contributed by atoms with van der Waals surface area (Å²) < 4.78 is 0.